The number of benzene rings is 1. The van der Waals surface area contributed by atoms with E-state index >= 15 is 0 Å². The summed E-state index contributed by atoms with van der Waals surface area (Å²) in [6, 6.07) is 8.56. The van der Waals surface area contributed by atoms with E-state index in [-0.39, 0.29) is 0 Å². The lowest BCUT2D eigenvalue weighted by Crippen LogP contribution is -2.47. The summed E-state index contributed by atoms with van der Waals surface area (Å²) in [5.74, 6) is 1.01. The smallest absolute Gasteiger partial charge is 0.194 e. The molecule has 1 aromatic carbocycles. The summed E-state index contributed by atoms with van der Waals surface area (Å²) in [6.07, 6.45) is 3.42. The van der Waals surface area contributed by atoms with Gasteiger partial charge in [0, 0.05) is 59.7 Å². The molecule has 0 amide bonds. The monoisotopic (exact) mass is 376 g/mol. The van der Waals surface area contributed by atoms with E-state index in [9.17, 15) is 0 Å². The fourth-order valence-electron chi connectivity index (χ4n) is 3.21. The molecular weight excluding hydrogens is 340 g/mol. The van der Waals surface area contributed by atoms with Crippen LogP contribution in [0.15, 0.2) is 29.3 Å². The van der Waals surface area contributed by atoms with Crippen LogP contribution < -0.4 is 10.2 Å². The van der Waals surface area contributed by atoms with Crippen LogP contribution in [0.1, 0.15) is 31.7 Å². The minimum absolute atomic E-state index is 0.359. The van der Waals surface area contributed by atoms with Crippen molar-refractivity contribution in [1.82, 2.24) is 10.2 Å². The molecule has 27 heavy (non-hydrogen) atoms. The van der Waals surface area contributed by atoms with Crippen molar-refractivity contribution in [3.63, 3.8) is 0 Å². The molecule has 1 N–H and O–H groups in total. The lowest BCUT2D eigenvalue weighted by molar-refractivity contribution is 0.00990. The predicted octanol–water partition coefficient (Wildman–Crippen LogP) is 2.74. The molecule has 0 aliphatic carbocycles. The minimum Gasteiger partial charge on any atom is -0.385 e. The topological polar surface area (TPSA) is 49.3 Å². The van der Waals surface area contributed by atoms with Gasteiger partial charge in [0.2, 0.25) is 0 Å². The zero-order valence-electron chi connectivity index (χ0n) is 17.4. The van der Waals surface area contributed by atoms with Gasteiger partial charge < -0.3 is 24.6 Å². The fourth-order valence-corrected chi connectivity index (χ4v) is 3.21. The summed E-state index contributed by atoms with van der Waals surface area (Å²) in [4.78, 5) is 9.35. The number of methoxy groups -OCH3 is 1. The first-order valence-electron chi connectivity index (χ1n) is 10.0. The van der Waals surface area contributed by atoms with Gasteiger partial charge in [0.1, 0.15) is 0 Å². The highest BCUT2D eigenvalue weighted by Gasteiger charge is 2.21. The molecule has 1 aliphatic rings. The van der Waals surface area contributed by atoms with E-state index in [2.05, 4.69) is 60.4 Å². The van der Waals surface area contributed by atoms with E-state index in [1.807, 2.05) is 0 Å². The van der Waals surface area contributed by atoms with E-state index in [1.54, 1.807) is 7.11 Å². The Morgan fingerprint density at radius 3 is 2.70 bits per heavy atom. The van der Waals surface area contributed by atoms with Crippen molar-refractivity contribution >= 4 is 11.6 Å². The van der Waals surface area contributed by atoms with E-state index in [1.165, 1.54) is 11.3 Å². The summed E-state index contributed by atoms with van der Waals surface area (Å²) in [7, 11) is 5.86. The summed E-state index contributed by atoms with van der Waals surface area (Å²) in [5.41, 5.74) is 2.44. The van der Waals surface area contributed by atoms with Crippen LogP contribution in [-0.4, -0.2) is 71.0 Å². The van der Waals surface area contributed by atoms with Crippen molar-refractivity contribution in [3.05, 3.63) is 29.8 Å². The molecule has 0 radical (unpaired) electrons. The zero-order chi connectivity index (χ0) is 19.5. The van der Waals surface area contributed by atoms with Gasteiger partial charge in [-0.15, -0.1) is 0 Å². The van der Waals surface area contributed by atoms with Gasteiger partial charge in [-0.2, -0.15) is 0 Å². The summed E-state index contributed by atoms with van der Waals surface area (Å²) < 4.78 is 11.0. The van der Waals surface area contributed by atoms with Crippen LogP contribution >= 0.6 is 0 Å². The van der Waals surface area contributed by atoms with Crippen LogP contribution in [0.25, 0.3) is 0 Å². The second-order valence-electron chi connectivity index (χ2n) is 7.14. The van der Waals surface area contributed by atoms with Crippen molar-refractivity contribution in [1.29, 1.82) is 0 Å². The third-order valence-corrected chi connectivity index (χ3v) is 4.76. The van der Waals surface area contributed by atoms with Crippen molar-refractivity contribution < 1.29 is 9.47 Å². The van der Waals surface area contributed by atoms with Crippen LogP contribution in [0.5, 0.6) is 0 Å². The molecule has 2 rings (SSSR count). The predicted molar refractivity (Wildman–Crippen MR) is 113 cm³/mol. The number of piperidine rings is 1. The van der Waals surface area contributed by atoms with Crippen molar-refractivity contribution in [3.8, 4) is 0 Å². The normalized spacial score (nSPS) is 15.9. The maximum Gasteiger partial charge on any atom is 0.194 e. The number of nitrogens with zero attached hydrogens (tertiary/aromatic N) is 3. The van der Waals surface area contributed by atoms with Gasteiger partial charge in [-0.1, -0.05) is 12.1 Å². The summed E-state index contributed by atoms with van der Waals surface area (Å²) in [5, 5.41) is 3.44. The van der Waals surface area contributed by atoms with Crippen molar-refractivity contribution in [2.45, 2.75) is 38.8 Å². The zero-order valence-corrected chi connectivity index (χ0v) is 17.4. The van der Waals surface area contributed by atoms with E-state index in [4.69, 9.17) is 14.5 Å². The van der Waals surface area contributed by atoms with Gasteiger partial charge in [0.05, 0.1) is 12.6 Å². The molecule has 6 nitrogen and oxygen atoms in total. The largest absolute Gasteiger partial charge is 0.385 e. The number of likely N-dealkylation sites (tertiary alicyclic amines) is 1. The van der Waals surface area contributed by atoms with E-state index in [0.29, 0.717) is 12.6 Å². The number of hydrogen-bond acceptors (Lipinski definition) is 4. The highest BCUT2D eigenvalue weighted by molar-refractivity contribution is 5.80. The standard InChI is InChI=1S/C21H36N4O2/c1-5-22-21(23-17-18-8-6-9-19(16-18)24(2)3)25-12-10-20(11-13-25)27-15-7-14-26-4/h6,8-9,16,20H,5,7,10-15,17H2,1-4H3,(H,22,23). The average Bonchev–Trinajstić information content (AvgIpc) is 2.69. The molecule has 6 heteroatoms. The molecule has 1 heterocycles. The van der Waals surface area contributed by atoms with Gasteiger partial charge in [-0.25, -0.2) is 4.99 Å². The van der Waals surface area contributed by atoms with Gasteiger partial charge in [-0.05, 0) is 43.9 Å². The Hall–Kier alpha value is -1.79. The Morgan fingerprint density at radius 1 is 1.26 bits per heavy atom. The molecule has 0 bridgehead atoms. The maximum atomic E-state index is 5.97. The maximum absolute atomic E-state index is 5.97. The minimum atomic E-state index is 0.359. The van der Waals surface area contributed by atoms with Gasteiger partial charge in [0.15, 0.2) is 5.96 Å². The Bertz CT molecular complexity index is 569. The number of nitrogens with one attached hydrogen (secondary N) is 1. The summed E-state index contributed by atoms with van der Waals surface area (Å²) in [6.45, 7) is 7.21. The van der Waals surface area contributed by atoms with Gasteiger partial charge in [0.25, 0.3) is 0 Å². The first-order chi connectivity index (χ1) is 13.1. The molecular formula is C21H36N4O2. The molecule has 1 saturated heterocycles. The Labute approximate surface area is 164 Å². The number of aliphatic imine (C=N–C) groups is 1. The van der Waals surface area contributed by atoms with Crippen LogP contribution in [0.4, 0.5) is 5.69 Å². The molecule has 152 valence electrons. The highest BCUT2D eigenvalue weighted by Crippen LogP contribution is 2.16. The van der Waals surface area contributed by atoms with Crippen LogP contribution in [0, 0.1) is 0 Å². The van der Waals surface area contributed by atoms with Crippen molar-refractivity contribution in [2.24, 2.45) is 4.99 Å². The van der Waals surface area contributed by atoms with Crippen LogP contribution in [0.2, 0.25) is 0 Å². The second-order valence-corrected chi connectivity index (χ2v) is 7.14. The molecule has 0 unspecified atom stereocenters. The van der Waals surface area contributed by atoms with E-state index < -0.39 is 0 Å². The Kier molecular flexibility index (Phi) is 9.42. The fraction of sp³-hybridized carbons (Fsp3) is 0.667. The Balaban J connectivity index is 1.87. The quantitative estimate of drug-likeness (QED) is 0.408. The Morgan fingerprint density at radius 2 is 2.04 bits per heavy atom. The number of anilines is 1. The lowest BCUT2D eigenvalue weighted by atomic mass is 10.1. The first kappa shape index (κ1) is 21.5. The first-order valence-corrected chi connectivity index (χ1v) is 10.0. The number of ether oxygens (including phenoxy) is 2. The van der Waals surface area contributed by atoms with E-state index in [0.717, 1.165) is 58.1 Å². The molecule has 1 aliphatic heterocycles. The average molecular weight is 377 g/mol. The second kappa shape index (κ2) is 11.8. The number of guanidine groups is 1. The van der Waals surface area contributed by atoms with Gasteiger partial charge in [-0.3, -0.25) is 0 Å². The van der Waals surface area contributed by atoms with Gasteiger partial charge >= 0.3 is 0 Å². The summed E-state index contributed by atoms with van der Waals surface area (Å²) >= 11 is 0. The van der Waals surface area contributed by atoms with Crippen molar-refractivity contribution in [2.75, 3.05) is 59.0 Å². The molecule has 0 aromatic heterocycles. The van der Waals surface area contributed by atoms with Crippen LogP contribution in [0.3, 0.4) is 0 Å². The molecule has 1 fully saturated rings. The lowest BCUT2D eigenvalue weighted by Gasteiger charge is -2.34. The number of hydrogen-bond donors (Lipinski definition) is 1. The molecule has 0 spiro atoms. The number of rotatable bonds is 9. The molecule has 0 saturated carbocycles. The highest BCUT2D eigenvalue weighted by atomic mass is 16.5. The third-order valence-electron chi connectivity index (χ3n) is 4.76. The molecule has 1 aromatic rings. The van der Waals surface area contributed by atoms with Crippen LogP contribution in [-0.2, 0) is 16.0 Å². The third kappa shape index (κ3) is 7.39. The SMILES string of the molecule is CCNC(=NCc1cccc(N(C)C)c1)N1CCC(OCCCOC)CC1. The molecule has 0 atom stereocenters.